The van der Waals surface area contributed by atoms with Crippen molar-refractivity contribution in [2.45, 2.75) is 26.5 Å². The Kier molecular flexibility index (Phi) is 5.48. The van der Waals surface area contributed by atoms with E-state index >= 15 is 0 Å². The minimum atomic E-state index is -0.333. The highest BCUT2D eigenvalue weighted by atomic mass is 16.5. The second-order valence-corrected chi connectivity index (χ2v) is 6.75. The average molecular weight is 389 g/mol. The molecule has 1 atom stereocenters. The van der Waals surface area contributed by atoms with E-state index in [0.717, 1.165) is 34.6 Å². The zero-order chi connectivity index (χ0) is 20.2. The largest absolute Gasteiger partial charge is 0.463 e. The van der Waals surface area contributed by atoms with Crippen molar-refractivity contribution in [2.75, 3.05) is 13.7 Å². The summed E-state index contributed by atoms with van der Waals surface area (Å²) in [6.45, 7) is 4.34. The maximum atomic E-state index is 5.86. The van der Waals surface area contributed by atoms with Gasteiger partial charge in [-0.25, -0.2) is 4.98 Å². The molecule has 0 spiro atoms. The maximum absolute atomic E-state index is 5.86. The van der Waals surface area contributed by atoms with Gasteiger partial charge in [0.05, 0.1) is 12.3 Å². The number of aryl methyl sites for hydroxylation is 2. The van der Waals surface area contributed by atoms with Crippen molar-refractivity contribution in [1.29, 1.82) is 0 Å². The van der Waals surface area contributed by atoms with E-state index in [4.69, 9.17) is 9.47 Å². The van der Waals surface area contributed by atoms with Crippen LogP contribution in [-0.4, -0.2) is 38.2 Å². The van der Waals surface area contributed by atoms with Crippen LogP contribution in [0, 0.1) is 13.8 Å². The van der Waals surface area contributed by atoms with Gasteiger partial charge in [0.25, 0.3) is 0 Å². The third-order valence-corrected chi connectivity index (χ3v) is 4.78. The van der Waals surface area contributed by atoms with Crippen molar-refractivity contribution in [2.24, 2.45) is 0 Å². The van der Waals surface area contributed by atoms with Gasteiger partial charge in [0.15, 0.2) is 11.9 Å². The fourth-order valence-corrected chi connectivity index (χ4v) is 3.36. The lowest BCUT2D eigenvalue weighted by Crippen LogP contribution is -2.15. The van der Waals surface area contributed by atoms with Crippen LogP contribution < -0.4 is 4.74 Å². The maximum Gasteiger partial charge on any atom is 0.318 e. The smallest absolute Gasteiger partial charge is 0.318 e. The number of rotatable bonds is 7. The first-order chi connectivity index (χ1) is 14.2. The van der Waals surface area contributed by atoms with E-state index in [2.05, 4.69) is 19.9 Å². The summed E-state index contributed by atoms with van der Waals surface area (Å²) in [5.41, 5.74) is 4.40. The van der Waals surface area contributed by atoms with E-state index in [0.29, 0.717) is 18.3 Å². The molecule has 0 amide bonds. The van der Waals surface area contributed by atoms with Crippen LogP contribution in [0.25, 0.3) is 11.2 Å². The molecule has 3 heterocycles. The summed E-state index contributed by atoms with van der Waals surface area (Å²) in [5.74, 6) is 0.807. The van der Waals surface area contributed by atoms with Gasteiger partial charge in [-0.1, -0.05) is 30.3 Å². The number of ether oxygens (including phenoxy) is 2. The second kappa shape index (κ2) is 8.36. The number of imidazole rings is 1. The molecule has 0 N–H and O–H groups in total. The predicted octanol–water partition coefficient (Wildman–Crippen LogP) is 3.65. The summed E-state index contributed by atoms with van der Waals surface area (Å²) >= 11 is 0. The van der Waals surface area contributed by atoms with E-state index in [1.165, 1.54) is 0 Å². The van der Waals surface area contributed by atoms with E-state index in [1.807, 2.05) is 60.9 Å². The van der Waals surface area contributed by atoms with Crippen molar-refractivity contribution in [1.82, 2.24) is 24.5 Å². The fourth-order valence-electron chi connectivity index (χ4n) is 3.36. The molecule has 0 bridgehead atoms. The third-order valence-electron chi connectivity index (χ3n) is 4.78. The molecule has 29 heavy (non-hydrogen) atoms. The summed E-state index contributed by atoms with van der Waals surface area (Å²) in [7, 11) is 1.68. The SMILES string of the molecule is COC(c1ccccc1)n1c(C)nc2c(C)nc(OCCc3ccncc3)nc21. The Balaban J connectivity index is 1.66. The molecule has 0 saturated carbocycles. The van der Waals surface area contributed by atoms with Crippen LogP contribution in [-0.2, 0) is 11.2 Å². The lowest BCUT2D eigenvalue weighted by molar-refractivity contribution is 0.0796. The molecule has 1 aromatic carbocycles. The van der Waals surface area contributed by atoms with Gasteiger partial charge in [0.2, 0.25) is 0 Å². The van der Waals surface area contributed by atoms with Crippen LogP contribution in [0.2, 0.25) is 0 Å². The normalized spacial score (nSPS) is 12.2. The van der Waals surface area contributed by atoms with E-state index in [9.17, 15) is 0 Å². The molecule has 4 rings (SSSR count). The van der Waals surface area contributed by atoms with Crippen LogP contribution in [0.4, 0.5) is 0 Å². The Hall–Kier alpha value is -3.32. The van der Waals surface area contributed by atoms with Crippen molar-refractivity contribution in [3.8, 4) is 6.01 Å². The molecule has 148 valence electrons. The van der Waals surface area contributed by atoms with Crippen molar-refractivity contribution < 1.29 is 9.47 Å². The quantitative estimate of drug-likeness (QED) is 0.480. The Bertz CT molecular complexity index is 1100. The summed E-state index contributed by atoms with van der Waals surface area (Å²) in [6, 6.07) is 14.3. The lowest BCUT2D eigenvalue weighted by atomic mass is 10.2. The number of aromatic nitrogens is 5. The third kappa shape index (κ3) is 3.95. The Morgan fingerprint density at radius 1 is 0.966 bits per heavy atom. The molecule has 0 aliphatic carbocycles. The Morgan fingerprint density at radius 3 is 2.45 bits per heavy atom. The number of nitrogens with zero attached hydrogens (tertiary/aromatic N) is 5. The van der Waals surface area contributed by atoms with Crippen LogP contribution in [0.1, 0.15) is 28.9 Å². The molecule has 0 aliphatic heterocycles. The monoisotopic (exact) mass is 389 g/mol. The van der Waals surface area contributed by atoms with Gasteiger partial charge >= 0.3 is 6.01 Å². The number of hydrogen-bond acceptors (Lipinski definition) is 6. The van der Waals surface area contributed by atoms with Crippen LogP contribution in [0.15, 0.2) is 54.9 Å². The lowest BCUT2D eigenvalue weighted by Gasteiger charge is -2.19. The van der Waals surface area contributed by atoms with Crippen LogP contribution >= 0.6 is 0 Å². The average Bonchev–Trinajstić information content (AvgIpc) is 3.07. The van der Waals surface area contributed by atoms with Gasteiger partial charge in [-0.05, 0) is 31.5 Å². The molecule has 0 aliphatic rings. The van der Waals surface area contributed by atoms with Gasteiger partial charge in [0, 0.05) is 31.5 Å². The minimum absolute atomic E-state index is 0.333. The fraction of sp³-hybridized carbons (Fsp3) is 0.273. The standard InChI is InChI=1S/C22H23N5O2/c1-15-19-20(26-22(24-15)29-14-11-17-9-12-23-13-10-17)27(16(2)25-19)21(28-3)18-7-5-4-6-8-18/h4-10,12-13,21H,11,14H2,1-3H3. The van der Waals surface area contributed by atoms with Crippen LogP contribution in [0.5, 0.6) is 6.01 Å². The Morgan fingerprint density at radius 2 is 1.72 bits per heavy atom. The molecule has 7 heteroatoms. The molecule has 4 aromatic rings. The highest BCUT2D eigenvalue weighted by molar-refractivity contribution is 5.74. The van der Waals surface area contributed by atoms with Crippen molar-refractivity contribution in [3.05, 3.63) is 77.5 Å². The molecule has 0 radical (unpaired) electrons. The molecular weight excluding hydrogens is 366 g/mol. The molecule has 0 fully saturated rings. The number of benzene rings is 1. The molecule has 7 nitrogen and oxygen atoms in total. The minimum Gasteiger partial charge on any atom is -0.463 e. The molecular formula is C22H23N5O2. The van der Waals surface area contributed by atoms with E-state index in [1.54, 1.807) is 19.5 Å². The number of methoxy groups -OCH3 is 1. The molecule has 0 saturated heterocycles. The van der Waals surface area contributed by atoms with Gasteiger partial charge in [-0.2, -0.15) is 9.97 Å². The first-order valence-electron chi connectivity index (χ1n) is 9.50. The number of hydrogen-bond donors (Lipinski definition) is 0. The predicted molar refractivity (Wildman–Crippen MR) is 110 cm³/mol. The highest BCUT2D eigenvalue weighted by Crippen LogP contribution is 2.27. The van der Waals surface area contributed by atoms with Crippen LogP contribution in [0.3, 0.4) is 0 Å². The number of pyridine rings is 1. The Labute approximate surface area is 169 Å². The summed E-state index contributed by atoms with van der Waals surface area (Å²) in [6.07, 6.45) is 3.97. The zero-order valence-electron chi connectivity index (χ0n) is 16.7. The van der Waals surface area contributed by atoms with Crippen molar-refractivity contribution in [3.63, 3.8) is 0 Å². The summed E-state index contributed by atoms with van der Waals surface area (Å²) < 4.78 is 13.6. The van der Waals surface area contributed by atoms with Gasteiger partial charge in [-0.3, -0.25) is 9.55 Å². The second-order valence-electron chi connectivity index (χ2n) is 6.75. The van der Waals surface area contributed by atoms with Gasteiger partial charge < -0.3 is 9.47 Å². The zero-order valence-corrected chi connectivity index (χ0v) is 16.7. The van der Waals surface area contributed by atoms with E-state index in [-0.39, 0.29) is 6.23 Å². The van der Waals surface area contributed by atoms with E-state index < -0.39 is 0 Å². The summed E-state index contributed by atoms with van der Waals surface area (Å²) in [5, 5.41) is 0. The molecule has 3 aromatic heterocycles. The van der Waals surface area contributed by atoms with Gasteiger partial charge in [-0.15, -0.1) is 0 Å². The molecule has 1 unspecified atom stereocenters. The summed E-state index contributed by atoms with van der Waals surface area (Å²) in [4.78, 5) is 17.8. The highest BCUT2D eigenvalue weighted by Gasteiger charge is 2.22. The van der Waals surface area contributed by atoms with Crippen molar-refractivity contribution >= 4 is 11.2 Å². The first kappa shape index (κ1) is 19.0. The topological polar surface area (TPSA) is 75.0 Å². The first-order valence-corrected chi connectivity index (χ1v) is 9.50. The van der Waals surface area contributed by atoms with Gasteiger partial charge in [0.1, 0.15) is 11.3 Å². The number of fused-ring (bicyclic) bond motifs is 1.